The lowest BCUT2D eigenvalue weighted by atomic mass is 10.2. The standard InChI is InChI=1S/C7H12N2O/c1-2-6(9-8)7-4-3-5-10-7/h3-6,9H,2,8H2,1H3. The van der Waals surface area contributed by atoms with E-state index in [1.165, 1.54) is 0 Å². The van der Waals surface area contributed by atoms with E-state index in [1.54, 1.807) is 6.26 Å². The zero-order valence-corrected chi connectivity index (χ0v) is 6.00. The number of rotatable bonds is 3. The molecule has 1 unspecified atom stereocenters. The van der Waals surface area contributed by atoms with E-state index < -0.39 is 0 Å². The van der Waals surface area contributed by atoms with E-state index in [0.717, 1.165) is 12.2 Å². The van der Waals surface area contributed by atoms with Gasteiger partial charge in [-0.15, -0.1) is 0 Å². The molecular formula is C7H12N2O. The van der Waals surface area contributed by atoms with Crippen molar-refractivity contribution in [3.63, 3.8) is 0 Å². The van der Waals surface area contributed by atoms with E-state index in [1.807, 2.05) is 19.1 Å². The topological polar surface area (TPSA) is 51.2 Å². The van der Waals surface area contributed by atoms with Crippen LogP contribution in [-0.4, -0.2) is 0 Å². The second kappa shape index (κ2) is 3.39. The lowest BCUT2D eigenvalue weighted by Crippen LogP contribution is -2.26. The summed E-state index contributed by atoms with van der Waals surface area (Å²) in [6, 6.07) is 3.92. The van der Waals surface area contributed by atoms with Crippen LogP contribution in [0.3, 0.4) is 0 Å². The number of nitrogens with one attached hydrogen (secondary N) is 1. The van der Waals surface area contributed by atoms with Crippen molar-refractivity contribution in [1.82, 2.24) is 5.43 Å². The van der Waals surface area contributed by atoms with Gasteiger partial charge in [-0.3, -0.25) is 5.84 Å². The molecule has 0 fully saturated rings. The van der Waals surface area contributed by atoms with Gasteiger partial charge in [0.2, 0.25) is 0 Å². The third-order valence-corrected chi connectivity index (χ3v) is 1.50. The summed E-state index contributed by atoms with van der Waals surface area (Å²) in [6.45, 7) is 2.05. The van der Waals surface area contributed by atoms with E-state index >= 15 is 0 Å². The number of nitrogens with two attached hydrogens (primary N) is 1. The van der Waals surface area contributed by atoms with Gasteiger partial charge in [0.05, 0.1) is 12.3 Å². The summed E-state index contributed by atoms with van der Waals surface area (Å²) >= 11 is 0. The SMILES string of the molecule is CCC(NN)c1ccco1. The lowest BCUT2D eigenvalue weighted by molar-refractivity contribution is 0.410. The molecule has 0 aromatic carbocycles. The van der Waals surface area contributed by atoms with Gasteiger partial charge >= 0.3 is 0 Å². The van der Waals surface area contributed by atoms with E-state index in [0.29, 0.717) is 0 Å². The minimum absolute atomic E-state index is 0.148. The number of hydrogen-bond donors (Lipinski definition) is 2. The Labute approximate surface area is 60.2 Å². The summed E-state index contributed by atoms with van der Waals surface area (Å²) in [5, 5.41) is 0. The van der Waals surface area contributed by atoms with Gasteiger partial charge in [0.25, 0.3) is 0 Å². The van der Waals surface area contributed by atoms with Crippen LogP contribution in [0, 0.1) is 0 Å². The van der Waals surface area contributed by atoms with E-state index in [-0.39, 0.29) is 6.04 Å². The van der Waals surface area contributed by atoms with Crippen LogP contribution in [-0.2, 0) is 0 Å². The molecular weight excluding hydrogens is 128 g/mol. The maximum absolute atomic E-state index is 5.26. The normalized spacial score (nSPS) is 13.4. The number of hydrogen-bond acceptors (Lipinski definition) is 3. The number of hydrazine groups is 1. The highest BCUT2D eigenvalue weighted by Gasteiger charge is 2.07. The van der Waals surface area contributed by atoms with Gasteiger partial charge in [0.15, 0.2) is 0 Å². The fraction of sp³-hybridized carbons (Fsp3) is 0.429. The van der Waals surface area contributed by atoms with Crippen molar-refractivity contribution in [3.05, 3.63) is 24.2 Å². The van der Waals surface area contributed by atoms with Gasteiger partial charge in [0.1, 0.15) is 5.76 Å². The molecule has 1 rings (SSSR count). The Hall–Kier alpha value is -0.800. The first-order valence-electron chi connectivity index (χ1n) is 3.38. The maximum atomic E-state index is 5.26. The molecule has 0 spiro atoms. The van der Waals surface area contributed by atoms with Gasteiger partial charge in [0, 0.05) is 0 Å². The molecule has 0 bridgehead atoms. The predicted octanol–water partition coefficient (Wildman–Crippen LogP) is 1.19. The molecule has 1 heterocycles. The van der Waals surface area contributed by atoms with E-state index in [2.05, 4.69) is 5.43 Å². The highest BCUT2D eigenvalue weighted by atomic mass is 16.3. The average Bonchev–Trinajstić information content (AvgIpc) is 2.43. The van der Waals surface area contributed by atoms with Crippen molar-refractivity contribution in [2.24, 2.45) is 5.84 Å². The quantitative estimate of drug-likeness (QED) is 0.490. The minimum Gasteiger partial charge on any atom is -0.468 e. The van der Waals surface area contributed by atoms with Gasteiger partial charge in [-0.05, 0) is 18.6 Å². The van der Waals surface area contributed by atoms with Crippen LogP contribution >= 0.6 is 0 Å². The van der Waals surface area contributed by atoms with Crippen molar-refractivity contribution in [3.8, 4) is 0 Å². The molecule has 3 heteroatoms. The van der Waals surface area contributed by atoms with Crippen molar-refractivity contribution in [2.45, 2.75) is 19.4 Å². The summed E-state index contributed by atoms with van der Waals surface area (Å²) in [6.07, 6.45) is 2.58. The zero-order chi connectivity index (χ0) is 7.40. The van der Waals surface area contributed by atoms with Crippen LogP contribution in [0.1, 0.15) is 25.1 Å². The molecule has 0 radical (unpaired) electrons. The van der Waals surface area contributed by atoms with Crippen LogP contribution in [0.4, 0.5) is 0 Å². The molecule has 1 aromatic rings. The second-order valence-electron chi connectivity index (χ2n) is 2.14. The van der Waals surface area contributed by atoms with Crippen molar-refractivity contribution >= 4 is 0 Å². The highest BCUT2D eigenvalue weighted by molar-refractivity contribution is 5.03. The molecule has 10 heavy (non-hydrogen) atoms. The Balaban J connectivity index is 2.64. The summed E-state index contributed by atoms with van der Waals surface area (Å²) in [5.41, 5.74) is 2.66. The second-order valence-corrected chi connectivity index (χ2v) is 2.14. The first kappa shape index (κ1) is 7.31. The molecule has 1 atom stereocenters. The summed E-state index contributed by atoms with van der Waals surface area (Å²) < 4.78 is 5.13. The smallest absolute Gasteiger partial charge is 0.122 e. The van der Waals surface area contributed by atoms with E-state index in [4.69, 9.17) is 10.3 Å². The molecule has 3 N–H and O–H groups in total. The third kappa shape index (κ3) is 1.37. The molecule has 0 amide bonds. The molecule has 0 aliphatic heterocycles. The largest absolute Gasteiger partial charge is 0.468 e. The van der Waals surface area contributed by atoms with Crippen LogP contribution in [0.15, 0.2) is 22.8 Å². The van der Waals surface area contributed by atoms with Crippen molar-refractivity contribution < 1.29 is 4.42 Å². The molecule has 0 aliphatic rings. The van der Waals surface area contributed by atoms with Crippen molar-refractivity contribution in [2.75, 3.05) is 0 Å². The Morgan fingerprint density at radius 2 is 2.60 bits per heavy atom. The number of furan rings is 1. The summed E-state index contributed by atoms with van der Waals surface area (Å²) in [5.74, 6) is 6.16. The fourth-order valence-corrected chi connectivity index (χ4v) is 0.891. The highest BCUT2D eigenvalue weighted by Crippen LogP contribution is 2.14. The molecule has 0 saturated heterocycles. The lowest BCUT2D eigenvalue weighted by Gasteiger charge is -2.08. The zero-order valence-electron chi connectivity index (χ0n) is 6.00. The predicted molar refractivity (Wildman–Crippen MR) is 39.1 cm³/mol. The van der Waals surface area contributed by atoms with E-state index in [9.17, 15) is 0 Å². The fourth-order valence-electron chi connectivity index (χ4n) is 0.891. The van der Waals surface area contributed by atoms with Crippen LogP contribution in [0.2, 0.25) is 0 Å². The molecule has 1 aromatic heterocycles. The first-order valence-corrected chi connectivity index (χ1v) is 3.38. The van der Waals surface area contributed by atoms with Crippen LogP contribution in [0.5, 0.6) is 0 Å². The summed E-state index contributed by atoms with van der Waals surface area (Å²) in [7, 11) is 0. The van der Waals surface area contributed by atoms with Crippen LogP contribution in [0.25, 0.3) is 0 Å². The average molecular weight is 140 g/mol. The maximum Gasteiger partial charge on any atom is 0.122 e. The molecule has 56 valence electrons. The molecule has 0 saturated carbocycles. The molecule has 3 nitrogen and oxygen atoms in total. The van der Waals surface area contributed by atoms with Gasteiger partial charge in [-0.2, -0.15) is 0 Å². The Morgan fingerprint density at radius 1 is 1.80 bits per heavy atom. The first-order chi connectivity index (χ1) is 4.88. The van der Waals surface area contributed by atoms with Gasteiger partial charge < -0.3 is 4.42 Å². The Bertz CT molecular complexity index is 168. The van der Waals surface area contributed by atoms with Crippen molar-refractivity contribution in [1.29, 1.82) is 0 Å². The van der Waals surface area contributed by atoms with Crippen LogP contribution < -0.4 is 11.3 Å². The van der Waals surface area contributed by atoms with Gasteiger partial charge in [-0.1, -0.05) is 6.92 Å². The third-order valence-electron chi connectivity index (χ3n) is 1.50. The Morgan fingerprint density at radius 3 is 3.00 bits per heavy atom. The summed E-state index contributed by atoms with van der Waals surface area (Å²) in [4.78, 5) is 0. The monoisotopic (exact) mass is 140 g/mol. The van der Waals surface area contributed by atoms with Gasteiger partial charge in [-0.25, -0.2) is 5.43 Å². The molecule has 0 aliphatic carbocycles. The minimum atomic E-state index is 0.148. The Kier molecular flexibility index (Phi) is 2.48.